The number of carbonyl (C=O) groups is 1. The van der Waals surface area contributed by atoms with Gasteiger partial charge in [0.25, 0.3) is 5.91 Å². The molecule has 4 heteroatoms. The molecule has 0 unspecified atom stereocenters. The summed E-state index contributed by atoms with van der Waals surface area (Å²) >= 11 is 0. The Hall–Kier alpha value is -1.29. The molecule has 0 aliphatic heterocycles. The van der Waals surface area contributed by atoms with Gasteiger partial charge in [-0.2, -0.15) is 0 Å². The molecule has 1 aliphatic rings. The summed E-state index contributed by atoms with van der Waals surface area (Å²) in [5.41, 5.74) is 0.619. The first-order chi connectivity index (χ1) is 8.74. The van der Waals surface area contributed by atoms with E-state index in [1.165, 1.54) is 19.3 Å². The Bertz CT molecular complexity index is 393. The van der Waals surface area contributed by atoms with Crippen molar-refractivity contribution in [2.45, 2.75) is 45.1 Å². The van der Waals surface area contributed by atoms with Crippen LogP contribution in [-0.4, -0.2) is 35.1 Å². The van der Waals surface area contributed by atoms with Gasteiger partial charge in [-0.3, -0.25) is 4.79 Å². The number of furan rings is 1. The molecule has 1 fully saturated rings. The van der Waals surface area contributed by atoms with Crippen molar-refractivity contribution in [3.8, 4) is 0 Å². The highest BCUT2D eigenvalue weighted by atomic mass is 16.3. The number of rotatable bonds is 4. The molecule has 0 spiro atoms. The Kier molecular flexibility index (Phi) is 4.42. The summed E-state index contributed by atoms with van der Waals surface area (Å²) in [6.45, 7) is 2.22. The third-order valence-electron chi connectivity index (χ3n) is 3.71. The third kappa shape index (κ3) is 2.75. The molecule has 0 bridgehead atoms. The largest absolute Gasteiger partial charge is 0.469 e. The van der Waals surface area contributed by atoms with E-state index in [2.05, 4.69) is 0 Å². The van der Waals surface area contributed by atoms with E-state index in [9.17, 15) is 4.79 Å². The fourth-order valence-electron chi connectivity index (χ4n) is 2.71. The molecule has 1 aliphatic carbocycles. The van der Waals surface area contributed by atoms with Gasteiger partial charge < -0.3 is 14.4 Å². The summed E-state index contributed by atoms with van der Waals surface area (Å²) in [6, 6.07) is 1.98. The molecule has 1 N–H and O–H groups in total. The molecule has 1 aromatic rings. The van der Waals surface area contributed by atoms with Crippen LogP contribution >= 0.6 is 0 Å². The van der Waals surface area contributed by atoms with Gasteiger partial charge in [0.05, 0.1) is 18.4 Å². The number of carbonyl (C=O) groups excluding carboxylic acids is 1. The minimum atomic E-state index is -0.0119. The van der Waals surface area contributed by atoms with Crippen molar-refractivity contribution in [2.24, 2.45) is 0 Å². The minimum Gasteiger partial charge on any atom is -0.469 e. The molecule has 18 heavy (non-hydrogen) atoms. The molecule has 1 amide bonds. The highest BCUT2D eigenvalue weighted by molar-refractivity contribution is 5.95. The highest BCUT2D eigenvalue weighted by Gasteiger charge is 2.27. The van der Waals surface area contributed by atoms with Gasteiger partial charge in [0.2, 0.25) is 0 Å². The van der Waals surface area contributed by atoms with Crippen molar-refractivity contribution < 1.29 is 14.3 Å². The lowest BCUT2D eigenvalue weighted by Gasteiger charge is -2.34. The molecule has 100 valence electrons. The lowest BCUT2D eigenvalue weighted by atomic mass is 9.93. The Morgan fingerprint density at radius 3 is 2.72 bits per heavy atom. The summed E-state index contributed by atoms with van der Waals surface area (Å²) in [6.07, 6.45) is 7.22. The normalized spacial score (nSPS) is 16.8. The molecule has 0 aromatic carbocycles. The molecule has 4 nitrogen and oxygen atoms in total. The maximum atomic E-state index is 12.5. The second-order valence-electron chi connectivity index (χ2n) is 4.90. The van der Waals surface area contributed by atoms with Gasteiger partial charge in [0.15, 0.2) is 0 Å². The maximum absolute atomic E-state index is 12.5. The summed E-state index contributed by atoms with van der Waals surface area (Å²) in [4.78, 5) is 14.3. The number of hydrogen-bond acceptors (Lipinski definition) is 3. The number of nitrogens with zero attached hydrogens (tertiary/aromatic N) is 1. The van der Waals surface area contributed by atoms with Gasteiger partial charge in [0, 0.05) is 12.6 Å². The fourth-order valence-corrected chi connectivity index (χ4v) is 2.71. The van der Waals surface area contributed by atoms with E-state index >= 15 is 0 Å². The Labute approximate surface area is 108 Å². The molecule has 1 aromatic heterocycles. The Balaban J connectivity index is 2.13. The van der Waals surface area contributed by atoms with Crippen LogP contribution in [0.1, 0.15) is 48.2 Å². The molecule has 1 saturated carbocycles. The van der Waals surface area contributed by atoms with Crippen molar-refractivity contribution in [2.75, 3.05) is 13.2 Å². The van der Waals surface area contributed by atoms with Crippen LogP contribution in [0.15, 0.2) is 16.7 Å². The average molecular weight is 251 g/mol. The molecule has 0 atom stereocenters. The predicted molar refractivity (Wildman–Crippen MR) is 68.4 cm³/mol. The molecule has 0 saturated heterocycles. The first-order valence-corrected chi connectivity index (χ1v) is 6.70. The van der Waals surface area contributed by atoms with Crippen LogP contribution in [0.4, 0.5) is 0 Å². The summed E-state index contributed by atoms with van der Waals surface area (Å²) in [7, 11) is 0. The fraction of sp³-hybridized carbons (Fsp3) is 0.643. The van der Waals surface area contributed by atoms with Crippen molar-refractivity contribution in [1.29, 1.82) is 0 Å². The predicted octanol–water partition coefficient (Wildman–Crippen LogP) is 2.36. The van der Waals surface area contributed by atoms with Crippen LogP contribution in [0.3, 0.4) is 0 Å². The SMILES string of the molecule is Cc1occc1C(=O)N(CCO)C1CCCCC1. The van der Waals surface area contributed by atoms with Crippen LogP contribution in [0.2, 0.25) is 0 Å². The number of aryl methyl sites for hydroxylation is 1. The topological polar surface area (TPSA) is 53.7 Å². The van der Waals surface area contributed by atoms with E-state index in [1.54, 1.807) is 19.3 Å². The lowest BCUT2D eigenvalue weighted by Crippen LogP contribution is -2.43. The number of amides is 1. The van der Waals surface area contributed by atoms with Crippen LogP contribution < -0.4 is 0 Å². The van der Waals surface area contributed by atoms with Crippen LogP contribution in [0.5, 0.6) is 0 Å². The zero-order chi connectivity index (χ0) is 13.0. The number of aliphatic hydroxyl groups is 1. The molecule has 1 heterocycles. The van der Waals surface area contributed by atoms with Crippen molar-refractivity contribution in [3.05, 3.63) is 23.7 Å². The maximum Gasteiger partial charge on any atom is 0.257 e. The van der Waals surface area contributed by atoms with Gasteiger partial charge in [-0.05, 0) is 25.8 Å². The highest BCUT2D eigenvalue weighted by Crippen LogP contribution is 2.24. The van der Waals surface area contributed by atoms with E-state index in [0.29, 0.717) is 17.9 Å². The monoisotopic (exact) mass is 251 g/mol. The zero-order valence-corrected chi connectivity index (χ0v) is 10.9. The van der Waals surface area contributed by atoms with Crippen LogP contribution in [0, 0.1) is 6.92 Å². The van der Waals surface area contributed by atoms with Crippen LogP contribution in [0.25, 0.3) is 0 Å². The van der Waals surface area contributed by atoms with E-state index < -0.39 is 0 Å². The van der Waals surface area contributed by atoms with Crippen molar-refractivity contribution >= 4 is 5.91 Å². The molecule has 0 radical (unpaired) electrons. The minimum absolute atomic E-state index is 0.0119. The molecular weight excluding hydrogens is 230 g/mol. The van der Waals surface area contributed by atoms with Gasteiger partial charge in [0.1, 0.15) is 5.76 Å². The first-order valence-electron chi connectivity index (χ1n) is 6.70. The lowest BCUT2D eigenvalue weighted by molar-refractivity contribution is 0.0583. The second kappa shape index (κ2) is 6.05. The third-order valence-corrected chi connectivity index (χ3v) is 3.71. The average Bonchev–Trinajstić information content (AvgIpc) is 2.82. The summed E-state index contributed by atoms with van der Waals surface area (Å²) < 4.78 is 5.19. The van der Waals surface area contributed by atoms with E-state index in [-0.39, 0.29) is 18.6 Å². The first kappa shape index (κ1) is 13.1. The Morgan fingerprint density at radius 2 is 2.17 bits per heavy atom. The smallest absolute Gasteiger partial charge is 0.257 e. The second-order valence-corrected chi connectivity index (χ2v) is 4.90. The van der Waals surface area contributed by atoms with Gasteiger partial charge in [-0.25, -0.2) is 0 Å². The number of hydrogen-bond donors (Lipinski definition) is 1. The summed E-state index contributed by atoms with van der Waals surface area (Å²) in [5.74, 6) is 0.640. The van der Waals surface area contributed by atoms with E-state index in [0.717, 1.165) is 12.8 Å². The van der Waals surface area contributed by atoms with Crippen molar-refractivity contribution in [3.63, 3.8) is 0 Å². The summed E-state index contributed by atoms with van der Waals surface area (Å²) in [5, 5.41) is 9.17. The molecular formula is C14H21NO3. The van der Waals surface area contributed by atoms with Crippen LogP contribution in [-0.2, 0) is 0 Å². The Morgan fingerprint density at radius 1 is 1.44 bits per heavy atom. The number of aliphatic hydroxyl groups excluding tert-OH is 1. The van der Waals surface area contributed by atoms with E-state index in [1.807, 2.05) is 4.90 Å². The van der Waals surface area contributed by atoms with Crippen molar-refractivity contribution in [1.82, 2.24) is 4.90 Å². The quantitative estimate of drug-likeness (QED) is 0.893. The standard InChI is InChI=1S/C14H21NO3/c1-11-13(7-10-18-11)14(17)15(8-9-16)12-5-3-2-4-6-12/h7,10,12,16H,2-6,8-9H2,1H3. The van der Waals surface area contributed by atoms with Gasteiger partial charge >= 0.3 is 0 Å². The molecule has 2 rings (SSSR count). The van der Waals surface area contributed by atoms with Gasteiger partial charge in [-0.1, -0.05) is 19.3 Å². The van der Waals surface area contributed by atoms with E-state index in [4.69, 9.17) is 9.52 Å². The zero-order valence-electron chi connectivity index (χ0n) is 10.9. The van der Waals surface area contributed by atoms with Gasteiger partial charge in [-0.15, -0.1) is 0 Å².